The van der Waals surface area contributed by atoms with Crippen LogP contribution in [0.5, 0.6) is 0 Å². The number of unbranched alkanes of at least 4 members (excludes halogenated alkanes) is 6. The molecule has 0 bridgehead atoms. The summed E-state index contributed by atoms with van der Waals surface area (Å²) in [6.07, 6.45) is 16.0. The Hall–Kier alpha value is -1.76. The minimum absolute atomic E-state index is 0.848. The van der Waals surface area contributed by atoms with E-state index in [2.05, 4.69) is 81.5 Å². The molecule has 0 aliphatic carbocycles. The summed E-state index contributed by atoms with van der Waals surface area (Å²) in [5.41, 5.74) is 5.27. The predicted molar refractivity (Wildman–Crippen MR) is 139 cm³/mol. The van der Waals surface area contributed by atoms with Gasteiger partial charge in [-0.15, -0.1) is 0 Å². The Morgan fingerprint density at radius 2 is 0.839 bits per heavy atom. The fourth-order valence-corrected chi connectivity index (χ4v) is 4.15. The molecule has 0 radical (unpaired) electrons. The van der Waals surface area contributed by atoms with Crippen molar-refractivity contribution in [3.05, 3.63) is 59.7 Å². The quantitative estimate of drug-likeness (QED) is 0.266. The normalized spacial score (nSPS) is 11.4. The molecule has 0 atom stereocenters. The van der Waals surface area contributed by atoms with Crippen LogP contribution in [0.1, 0.15) is 103 Å². The van der Waals surface area contributed by atoms with E-state index in [4.69, 9.17) is 0 Å². The molecule has 0 spiro atoms. The molecular weight excluding hydrogens is 374 g/mol. The summed E-state index contributed by atoms with van der Waals surface area (Å²) in [5, 5.41) is 3.55. The van der Waals surface area contributed by atoms with Gasteiger partial charge in [-0.1, -0.05) is 103 Å². The number of nitrogens with one attached hydrogen (secondary N) is 1. The van der Waals surface area contributed by atoms with Gasteiger partial charge in [0.05, 0.1) is 0 Å². The van der Waals surface area contributed by atoms with Crippen molar-refractivity contribution in [1.29, 1.82) is 0 Å². The molecule has 0 unspecified atom stereocenters. The second kappa shape index (κ2) is 15.1. The number of aryl methyl sites for hydroxylation is 2. The molecule has 0 aliphatic heterocycles. The summed E-state index contributed by atoms with van der Waals surface area (Å²) < 4.78 is 0. The van der Waals surface area contributed by atoms with E-state index in [0.29, 0.717) is 0 Å². The van der Waals surface area contributed by atoms with E-state index in [-0.39, 0.29) is 0 Å². The van der Waals surface area contributed by atoms with Gasteiger partial charge in [-0.05, 0) is 72.9 Å². The van der Waals surface area contributed by atoms with Gasteiger partial charge in [0.25, 0.3) is 0 Å². The molecule has 1 heteroatoms. The molecule has 2 aromatic carbocycles. The second-order valence-electron chi connectivity index (χ2n) is 10.2. The van der Waals surface area contributed by atoms with Gasteiger partial charge < -0.3 is 5.32 Å². The molecule has 0 aliphatic rings. The third-order valence-corrected chi connectivity index (χ3v) is 6.19. The van der Waals surface area contributed by atoms with E-state index in [1.54, 1.807) is 0 Å². The lowest BCUT2D eigenvalue weighted by Gasteiger charge is -2.09. The van der Waals surface area contributed by atoms with E-state index < -0.39 is 0 Å². The summed E-state index contributed by atoms with van der Waals surface area (Å²) >= 11 is 0. The molecule has 0 saturated carbocycles. The molecule has 0 amide bonds. The van der Waals surface area contributed by atoms with Crippen molar-refractivity contribution in [2.45, 2.75) is 105 Å². The molecule has 1 nitrogen and oxygen atoms in total. The zero-order valence-corrected chi connectivity index (χ0v) is 20.8. The lowest BCUT2D eigenvalue weighted by molar-refractivity contribution is 0.520. The van der Waals surface area contributed by atoms with Crippen molar-refractivity contribution < 1.29 is 0 Å². The highest BCUT2D eigenvalue weighted by molar-refractivity contribution is 5.60. The third-order valence-electron chi connectivity index (χ3n) is 6.19. The zero-order valence-electron chi connectivity index (χ0n) is 20.8. The van der Waals surface area contributed by atoms with E-state index in [0.717, 1.165) is 11.8 Å². The van der Waals surface area contributed by atoms with Crippen molar-refractivity contribution >= 4 is 11.4 Å². The SMILES string of the molecule is CC(C)CCCCCCc1ccc(Nc2ccc(CCCCCCC(C)C)cc2)cc1. The van der Waals surface area contributed by atoms with E-state index in [1.807, 2.05) is 0 Å². The fourth-order valence-electron chi connectivity index (χ4n) is 4.15. The Balaban J connectivity index is 1.63. The van der Waals surface area contributed by atoms with Gasteiger partial charge in [0.15, 0.2) is 0 Å². The summed E-state index contributed by atoms with van der Waals surface area (Å²) in [4.78, 5) is 0. The number of rotatable bonds is 16. The van der Waals surface area contributed by atoms with Crippen LogP contribution in [0.4, 0.5) is 11.4 Å². The first kappa shape index (κ1) is 25.5. The van der Waals surface area contributed by atoms with Gasteiger partial charge in [0, 0.05) is 11.4 Å². The Morgan fingerprint density at radius 1 is 0.484 bits per heavy atom. The molecule has 1 N–H and O–H groups in total. The van der Waals surface area contributed by atoms with E-state index in [1.165, 1.54) is 99.6 Å². The number of benzene rings is 2. The maximum atomic E-state index is 3.55. The van der Waals surface area contributed by atoms with Crippen LogP contribution < -0.4 is 5.32 Å². The monoisotopic (exact) mass is 421 g/mol. The minimum Gasteiger partial charge on any atom is -0.356 e. The highest BCUT2D eigenvalue weighted by Gasteiger charge is 2.00. The smallest absolute Gasteiger partial charge is 0.0384 e. The summed E-state index contributed by atoms with van der Waals surface area (Å²) in [5.74, 6) is 1.70. The van der Waals surface area contributed by atoms with Crippen LogP contribution in [0.2, 0.25) is 0 Å². The van der Waals surface area contributed by atoms with Gasteiger partial charge in [-0.25, -0.2) is 0 Å². The van der Waals surface area contributed by atoms with E-state index >= 15 is 0 Å². The van der Waals surface area contributed by atoms with Crippen LogP contribution in [0.3, 0.4) is 0 Å². The van der Waals surface area contributed by atoms with Gasteiger partial charge >= 0.3 is 0 Å². The Kier molecular flexibility index (Phi) is 12.4. The average Bonchev–Trinajstić information content (AvgIpc) is 2.75. The zero-order chi connectivity index (χ0) is 22.3. The van der Waals surface area contributed by atoms with Crippen molar-refractivity contribution in [2.24, 2.45) is 11.8 Å². The molecule has 0 heterocycles. The Bertz CT molecular complexity index is 620. The maximum Gasteiger partial charge on any atom is 0.0384 e. The first-order valence-electron chi connectivity index (χ1n) is 13.0. The average molecular weight is 422 g/mol. The number of anilines is 2. The molecule has 0 aromatic heterocycles. The molecular formula is C30H47N. The second-order valence-corrected chi connectivity index (χ2v) is 10.2. The van der Waals surface area contributed by atoms with Crippen LogP contribution >= 0.6 is 0 Å². The third kappa shape index (κ3) is 12.0. The molecule has 0 saturated heterocycles. The predicted octanol–water partition coefficient (Wildman–Crippen LogP) is 9.73. The lowest BCUT2D eigenvalue weighted by atomic mass is 10.0. The summed E-state index contributed by atoms with van der Waals surface area (Å²) in [7, 11) is 0. The highest BCUT2D eigenvalue weighted by atomic mass is 14.9. The van der Waals surface area contributed by atoms with Crippen LogP contribution in [-0.2, 0) is 12.8 Å². The molecule has 31 heavy (non-hydrogen) atoms. The van der Waals surface area contributed by atoms with Crippen LogP contribution in [0.15, 0.2) is 48.5 Å². The molecule has 172 valence electrons. The Labute approximate surface area is 193 Å². The van der Waals surface area contributed by atoms with Gasteiger partial charge in [-0.3, -0.25) is 0 Å². The standard InChI is InChI=1S/C30H47N/c1-25(2)13-9-5-7-11-15-27-17-21-29(22-18-27)31-30-23-19-28(20-24-30)16-12-8-6-10-14-26(3)4/h17-26,31H,5-16H2,1-4H3. The van der Waals surface area contributed by atoms with Gasteiger partial charge in [0.2, 0.25) is 0 Å². The fraction of sp³-hybridized carbons (Fsp3) is 0.600. The van der Waals surface area contributed by atoms with Crippen LogP contribution in [-0.4, -0.2) is 0 Å². The first-order valence-corrected chi connectivity index (χ1v) is 13.0. The maximum absolute atomic E-state index is 3.55. The first-order chi connectivity index (χ1) is 15.0. The molecule has 2 rings (SSSR count). The largest absolute Gasteiger partial charge is 0.356 e. The van der Waals surface area contributed by atoms with Crippen molar-refractivity contribution in [2.75, 3.05) is 5.32 Å². The van der Waals surface area contributed by atoms with Crippen LogP contribution in [0.25, 0.3) is 0 Å². The highest BCUT2D eigenvalue weighted by Crippen LogP contribution is 2.20. The van der Waals surface area contributed by atoms with Crippen LogP contribution in [0, 0.1) is 11.8 Å². The van der Waals surface area contributed by atoms with Gasteiger partial charge in [0.1, 0.15) is 0 Å². The summed E-state index contributed by atoms with van der Waals surface area (Å²) in [6, 6.07) is 18.0. The van der Waals surface area contributed by atoms with Gasteiger partial charge in [-0.2, -0.15) is 0 Å². The van der Waals surface area contributed by atoms with Crippen molar-refractivity contribution in [1.82, 2.24) is 0 Å². The minimum atomic E-state index is 0.848. The van der Waals surface area contributed by atoms with E-state index in [9.17, 15) is 0 Å². The topological polar surface area (TPSA) is 12.0 Å². The number of hydrogen-bond donors (Lipinski definition) is 1. The summed E-state index contributed by atoms with van der Waals surface area (Å²) in [6.45, 7) is 9.28. The molecule has 0 fully saturated rings. The van der Waals surface area contributed by atoms with Crippen molar-refractivity contribution in [3.8, 4) is 0 Å². The lowest BCUT2D eigenvalue weighted by Crippen LogP contribution is -1.93. The van der Waals surface area contributed by atoms with Crippen molar-refractivity contribution in [3.63, 3.8) is 0 Å². The molecule has 2 aromatic rings. The Morgan fingerprint density at radius 3 is 1.19 bits per heavy atom. The number of hydrogen-bond acceptors (Lipinski definition) is 1.